The minimum absolute atomic E-state index is 0.151. The van der Waals surface area contributed by atoms with Gasteiger partial charge in [0.2, 0.25) is 0 Å². The Bertz CT molecular complexity index is 3420. The molecule has 1 spiro atoms. The summed E-state index contributed by atoms with van der Waals surface area (Å²) in [6, 6.07) is 83.8. The van der Waals surface area contributed by atoms with Gasteiger partial charge in [0.15, 0.2) is 0 Å². The lowest BCUT2D eigenvalue weighted by molar-refractivity contribution is 0.660. The summed E-state index contributed by atoms with van der Waals surface area (Å²) in [6.45, 7) is 4.76. The Labute approximate surface area is 379 Å². The van der Waals surface area contributed by atoms with Crippen LogP contribution in [0.15, 0.2) is 224 Å². The molecule has 0 fully saturated rings. The van der Waals surface area contributed by atoms with Gasteiger partial charge in [-0.1, -0.05) is 208 Å². The highest BCUT2D eigenvalue weighted by Crippen LogP contribution is 2.68. The fourth-order valence-electron chi connectivity index (χ4n) is 11.5. The van der Waals surface area contributed by atoms with Crippen LogP contribution in [0.3, 0.4) is 0 Å². The minimum atomic E-state index is -0.561. The van der Waals surface area contributed by atoms with Crippen LogP contribution in [0.25, 0.3) is 65.4 Å². The second-order valence-electron chi connectivity index (χ2n) is 17.9. The molecule has 9 aromatic carbocycles. The van der Waals surface area contributed by atoms with Gasteiger partial charge in [0.05, 0.1) is 11.1 Å². The van der Waals surface area contributed by atoms with Gasteiger partial charge in [0.1, 0.15) is 0 Å². The number of benzene rings is 9. The predicted octanol–water partition coefficient (Wildman–Crippen LogP) is 16.9. The lowest BCUT2D eigenvalue weighted by Crippen LogP contribution is -2.26. The Morgan fingerprint density at radius 3 is 1.39 bits per heavy atom. The molecule has 64 heavy (non-hydrogen) atoms. The van der Waals surface area contributed by atoms with Crippen LogP contribution in [0.5, 0.6) is 0 Å². The van der Waals surface area contributed by atoms with Crippen molar-refractivity contribution in [3.8, 4) is 65.4 Å². The topological polar surface area (TPSA) is 3.24 Å². The van der Waals surface area contributed by atoms with Crippen molar-refractivity contribution in [3.63, 3.8) is 0 Å². The number of anilines is 3. The van der Waals surface area contributed by atoms with Gasteiger partial charge in [-0.15, -0.1) is 11.3 Å². The van der Waals surface area contributed by atoms with E-state index in [0.29, 0.717) is 0 Å². The van der Waals surface area contributed by atoms with E-state index in [-0.39, 0.29) is 5.41 Å². The molecule has 0 aliphatic heterocycles. The van der Waals surface area contributed by atoms with E-state index < -0.39 is 5.41 Å². The maximum absolute atomic E-state index is 2.55. The molecule has 1 heterocycles. The Morgan fingerprint density at radius 1 is 0.344 bits per heavy atom. The van der Waals surface area contributed by atoms with Crippen molar-refractivity contribution in [1.29, 1.82) is 0 Å². The lowest BCUT2D eigenvalue weighted by Gasteiger charge is -2.33. The van der Waals surface area contributed by atoms with Gasteiger partial charge in [-0.05, 0) is 108 Å². The molecule has 13 rings (SSSR count). The van der Waals surface area contributed by atoms with Gasteiger partial charge in [-0.3, -0.25) is 0 Å². The fraction of sp³-hybridized carbons (Fsp3) is 0.0645. The minimum Gasteiger partial charge on any atom is -0.310 e. The molecule has 3 aliphatic carbocycles. The Kier molecular flexibility index (Phi) is 8.11. The predicted molar refractivity (Wildman–Crippen MR) is 269 cm³/mol. The number of hydrogen-bond donors (Lipinski definition) is 0. The SMILES string of the molecule is CC1(C)c2ccccc2-c2ccc(N(c3ccc4c(c3)C3(c5ccccc5-c5ccccc53)c3c(-c5ccccc5)sc(-c5ccccc5)c3-4)c3ccccc3-c3ccccc3)cc21. The van der Waals surface area contributed by atoms with Crippen LogP contribution >= 0.6 is 11.3 Å². The first-order valence-corrected chi connectivity index (χ1v) is 23.2. The van der Waals surface area contributed by atoms with Crippen LogP contribution in [0.4, 0.5) is 17.1 Å². The Hall–Kier alpha value is -7.52. The lowest BCUT2D eigenvalue weighted by atomic mass is 9.70. The van der Waals surface area contributed by atoms with Crippen molar-refractivity contribution < 1.29 is 0 Å². The van der Waals surface area contributed by atoms with E-state index in [9.17, 15) is 0 Å². The van der Waals surface area contributed by atoms with Crippen LogP contribution in [-0.4, -0.2) is 0 Å². The van der Waals surface area contributed by atoms with Crippen molar-refractivity contribution in [2.75, 3.05) is 4.90 Å². The molecule has 0 saturated carbocycles. The first-order chi connectivity index (χ1) is 31.5. The molecule has 2 heteroatoms. The molecular weight excluding hydrogens is 791 g/mol. The Balaban J connectivity index is 1.13. The molecule has 0 radical (unpaired) electrons. The number of nitrogens with zero attached hydrogens (tertiary/aromatic N) is 1. The van der Waals surface area contributed by atoms with Gasteiger partial charge in [0.25, 0.3) is 0 Å². The monoisotopic (exact) mass is 833 g/mol. The highest BCUT2D eigenvalue weighted by molar-refractivity contribution is 7.19. The number of hydrogen-bond acceptors (Lipinski definition) is 2. The number of fused-ring (bicyclic) bond motifs is 13. The number of thiophene rings is 1. The molecule has 1 aromatic heterocycles. The molecule has 1 nitrogen and oxygen atoms in total. The number of rotatable bonds is 6. The second-order valence-corrected chi connectivity index (χ2v) is 19.0. The van der Waals surface area contributed by atoms with E-state index in [4.69, 9.17) is 0 Å². The van der Waals surface area contributed by atoms with E-state index >= 15 is 0 Å². The van der Waals surface area contributed by atoms with E-state index in [1.807, 2.05) is 11.3 Å². The molecule has 0 bridgehead atoms. The summed E-state index contributed by atoms with van der Waals surface area (Å²) in [6.07, 6.45) is 0. The van der Waals surface area contributed by atoms with Crippen molar-refractivity contribution in [2.45, 2.75) is 24.7 Å². The molecular formula is C62H43NS. The first kappa shape index (κ1) is 37.1. The molecule has 0 saturated heterocycles. The van der Waals surface area contributed by atoms with Crippen molar-refractivity contribution in [2.24, 2.45) is 0 Å². The van der Waals surface area contributed by atoms with Crippen molar-refractivity contribution >= 4 is 28.4 Å². The third-order valence-corrected chi connectivity index (χ3v) is 15.6. The van der Waals surface area contributed by atoms with Gasteiger partial charge < -0.3 is 4.90 Å². The van der Waals surface area contributed by atoms with Crippen LogP contribution < -0.4 is 4.90 Å². The zero-order chi connectivity index (χ0) is 42.6. The van der Waals surface area contributed by atoms with Gasteiger partial charge in [-0.25, -0.2) is 0 Å². The van der Waals surface area contributed by atoms with E-state index in [1.165, 1.54) is 98.8 Å². The summed E-state index contributed by atoms with van der Waals surface area (Å²) < 4.78 is 0. The van der Waals surface area contributed by atoms with Crippen LogP contribution in [0.2, 0.25) is 0 Å². The second kappa shape index (κ2) is 14.0. The standard InChI is InChI=1S/C62H43NS/c1-61(2)51-30-16-12-27-46(51)49-36-34-43(38-54(49)61)63(56-33-19-15-26-45(56)40-20-6-3-7-21-40)44-35-37-50-55(39-44)62(52-31-17-13-28-47(52)48-29-14-18-32-53(48)62)58-57(50)59(41-22-8-4-9-23-41)64-60(58)42-24-10-5-11-25-42/h3-39H,1-2H3. The zero-order valence-corrected chi connectivity index (χ0v) is 36.5. The molecule has 10 aromatic rings. The molecule has 302 valence electrons. The maximum atomic E-state index is 2.55. The highest BCUT2D eigenvalue weighted by Gasteiger charge is 2.54. The average Bonchev–Trinajstić information content (AvgIpc) is 4.05. The van der Waals surface area contributed by atoms with E-state index in [0.717, 1.165) is 17.1 Å². The summed E-state index contributed by atoms with van der Waals surface area (Å²) in [4.78, 5) is 5.17. The largest absolute Gasteiger partial charge is 0.310 e. The zero-order valence-electron chi connectivity index (χ0n) is 35.7. The van der Waals surface area contributed by atoms with Crippen LogP contribution in [0.1, 0.15) is 47.2 Å². The van der Waals surface area contributed by atoms with Gasteiger partial charge >= 0.3 is 0 Å². The van der Waals surface area contributed by atoms with Gasteiger partial charge in [0, 0.05) is 37.7 Å². The third kappa shape index (κ3) is 5.12. The highest BCUT2D eigenvalue weighted by atomic mass is 32.1. The average molecular weight is 834 g/mol. The molecule has 0 amide bonds. The summed E-state index contributed by atoms with van der Waals surface area (Å²) in [5, 5.41) is 0. The van der Waals surface area contributed by atoms with Gasteiger partial charge in [-0.2, -0.15) is 0 Å². The van der Waals surface area contributed by atoms with E-state index in [2.05, 4.69) is 243 Å². The normalized spacial score (nSPS) is 14.0. The number of para-hydroxylation sites is 1. The first-order valence-electron chi connectivity index (χ1n) is 22.3. The smallest absolute Gasteiger partial charge is 0.0740 e. The Morgan fingerprint density at radius 2 is 0.781 bits per heavy atom. The van der Waals surface area contributed by atoms with Crippen LogP contribution in [0, 0.1) is 0 Å². The molecule has 0 atom stereocenters. The van der Waals surface area contributed by atoms with Crippen molar-refractivity contribution in [1.82, 2.24) is 0 Å². The quantitative estimate of drug-likeness (QED) is 0.161. The van der Waals surface area contributed by atoms with Crippen molar-refractivity contribution in [3.05, 3.63) is 258 Å². The van der Waals surface area contributed by atoms with Crippen LogP contribution in [-0.2, 0) is 10.8 Å². The summed E-state index contributed by atoms with van der Waals surface area (Å²) in [5.74, 6) is 0. The maximum Gasteiger partial charge on any atom is 0.0740 e. The van der Waals surface area contributed by atoms with E-state index in [1.54, 1.807) is 0 Å². The molecule has 0 unspecified atom stereocenters. The summed E-state index contributed by atoms with van der Waals surface area (Å²) >= 11 is 1.94. The molecule has 3 aliphatic rings. The molecule has 0 N–H and O–H groups in total. The fourth-order valence-corrected chi connectivity index (χ4v) is 12.9. The summed E-state index contributed by atoms with van der Waals surface area (Å²) in [7, 11) is 0. The third-order valence-electron chi connectivity index (χ3n) is 14.3. The summed E-state index contributed by atoms with van der Waals surface area (Å²) in [5.41, 5.74) is 23.6.